The first kappa shape index (κ1) is 16.4. The van der Waals surface area contributed by atoms with Gasteiger partial charge in [-0.1, -0.05) is 0 Å². The molecule has 8 nitrogen and oxygen atoms in total. The first-order valence-electron chi connectivity index (χ1n) is 6.10. The van der Waals surface area contributed by atoms with Crippen molar-refractivity contribution >= 4 is 17.9 Å². The van der Waals surface area contributed by atoms with Crippen molar-refractivity contribution in [3.63, 3.8) is 0 Å². The summed E-state index contributed by atoms with van der Waals surface area (Å²) in [5.41, 5.74) is 0. The van der Waals surface area contributed by atoms with E-state index in [-0.39, 0.29) is 6.42 Å². The summed E-state index contributed by atoms with van der Waals surface area (Å²) in [6.45, 7) is 3.43. The third kappa shape index (κ3) is 4.17. The summed E-state index contributed by atoms with van der Waals surface area (Å²) in [5.74, 6) is -1.98. The van der Waals surface area contributed by atoms with Gasteiger partial charge in [-0.3, -0.25) is 14.4 Å². The van der Waals surface area contributed by atoms with E-state index in [1.54, 1.807) is 0 Å². The monoisotopic (exact) mass is 290 g/mol. The van der Waals surface area contributed by atoms with Crippen LogP contribution in [0.25, 0.3) is 0 Å². The molecular weight excluding hydrogens is 272 g/mol. The number of hydrogen-bond donors (Lipinski definition) is 2. The largest absolute Gasteiger partial charge is 0.460 e. The van der Waals surface area contributed by atoms with E-state index in [2.05, 4.69) is 0 Å². The van der Waals surface area contributed by atoms with E-state index in [9.17, 15) is 24.6 Å². The van der Waals surface area contributed by atoms with Crippen LogP contribution in [0.1, 0.15) is 27.2 Å². The molecule has 1 rings (SSSR count). The van der Waals surface area contributed by atoms with Gasteiger partial charge in [-0.05, 0) is 0 Å². The average Bonchev–Trinajstić information content (AvgIpc) is 2.29. The number of carbonyl (C=O) groups is 3. The highest BCUT2D eigenvalue weighted by Gasteiger charge is 2.48. The van der Waals surface area contributed by atoms with E-state index in [4.69, 9.17) is 14.2 Å². The van der Waals surface area contributed by atoms with Crippen LogP contribution in [0, 0.1) is 0 Å². The summed E-state index contributed by atoms with van der Waals surface area (Å²) in [7, 11) is 0. The predicted molar refractivity (Wildman–Crippen MR) is 63.3 cm³/mol. The second kappa shape index (κ2) is 6.67. The minimum atomic E-state index is -1.53. The van der Waals surface area contributed by atoms with Crippen molar-refractivity contribution < 1.29 is 38.8 Å². The van der Waals surface area contributed by atoms with Gasteiger partial charge < -0.3 is 24.4 Å². The van der Waals surface area contributed by atoms with E-state index >= 15 is 0 Å². The van der Waals surface area contributed by atoms with Crippen molar-refractivity contribution in [3.8, 4) is 0 Å². The fraction of sp³-hybridized carbons (Fsp3) is 0.750. The van der Waals surface area contributed by atoms with Crippen molar-refractivity contribution in [1.82, 2.24) is 0 Å². The number of ether oxygens (including phenoxy) is 3. The Labute approximate surface area is 115 Å². The lowest BCUT2D eigenvalue weighted by atomic mass is 9.87. The number of carbonyl (C=O) groups excluding carboxylic acids is 3. The number of esters is 3. The summed E-state index contributed by atoms with van der Waals surface area (Å²) in [5, 5.41) is 19.8. The predicted octanol–water partition coefficient (Wildman–Crippen LogP) is -1.09. The topological polar surface area (TPSA) is 119 Å². The van der Waals surface area contributed by atoms with Crippen LogP contribution in [-0.2, 0) is 28.6 Å². The van der Waals surface area contributed by atoms with Gasteiger partial charge in [-0.2, -0.15) is 0 Å². The SMILES string of the molecule is CC(=O)O[C@@H]1[C@@H](O)[C@@H](O)[C@@H](OC(C)=O)C[C@H]1OC(C)=O. The molecule has 0 amide bonds. The van der Waals surface area contributed by atoms with E-state index in [1.165, 1.54) is 0 Å². The molecule has 0 saturated heterocycles. The van der Waals surface area contributed by atoms with Gasteiger partial charge in [0, 0.05) is 27.2 Å². The van der Waals surface area contributed by atoms with Gasteiger partial charge in [-0.25, -0.2) is 0 Å². The van der Waals surface area contributed by atoms with E-state index in [0.717, 1.165) is 20.8 Å². The van der Waals surface area contributed by atoms with Crippen LogP contribution >= 0.6 is 0 Å². The fourth-order valence-electron chi connectivity index (χ4n) is 2.13. The molecule has 0 spiro atoms. The highest BCUT2D eigenvalue weighted by Crippen LogP contribution is 2.28. The van der Waals surface area contributed by atoms with Crippen molar-refractivity contribution in [1.29, 1.82) is 0 Å². The van der Waals surface area contributed by atoms with Crippen LogP contribution in [0.4, 0.5) is 0 Å². The Morgan fingerprint density at radius 1 is 0.800 bits per heavy atom. The molecule has 0 aromatic carbocycles. The Balaban J connectivity index is 2.90. The van der Waals surface area contributed by atoms with Crippen molar-refractivity contribution in [3.05, 3.63) is 0 Å². The molecule has 1 saturated carbocycles. The maximum atomic E-state index is 11.0. The maximum Gasteiger partial charge on any atom is 0.303 e. The number of aliphatic hydroxyl groups is 2. The molecule has 2 N–H and O–H groups in total. The first-order valence-corrected chi connectivity index (χ1v) is 6.10. The molecule has 5 atom stereocenters. The quantitative estimate of drug-likeness (QED) is 0.497. The molecule has 1 aliphatic carbocycles. The molecule has 20 heavy (non-hydrogen) atoms. The Bertz CT molecular complexity index is 393. The molecule has 0 aliphatic heterocycles. The molecule has 0 aromatic rings. The van der Waals surface area contributed by atoms with E-state index < -0.39 is 48.4 Å². The second-order valence-corrected chi connectivity index (χ2v) is 4.59. The lowest BCUT2D eigenvalue weighted by molar-refractivity contribution is -0.215. The average molecular weight is 290 g/mol. The molecule has 0 unspecified atom stereocenters. The lowest BCUT2D eigenvalue weighted by Gasteiger charge is -2.40. The lowest BCUT2D eigenvalue weighted by Crippen LogP contribution is -2.59. The maximum absolute atomic E-state index is 11.0. The molecule has 114 valence electrons. The van der Waals surface area contributed by atoms with E-state index in [1.807, 2.05) is 0 Å². The van der Waals surface area contributed by atoms with Gasteiger partial charge in [0.1, 0.15) is 24.4 Å². The number of rotatable bonds is 3. The van der Waals surface area contributed by atoms with Gasteiger partial charge in [0.25, 0.3) is 0 Å². The van der Waals surface area contributed by atoms with E-state index in [0.29, 0.717) is 0 Å². The number of aliphatic hydroxyl groups excluding tert-OH is 2. The van der Waals surface area contributed by atoms with Gasteiger partial charge in [0.2, 0.25) is 0 Å². The first-order chi connectivity index (χ1) is 9.22. The van der Waals surface area contributed by atoms with Gasteiger partial charge in [0.15, 0.2) is 6.10 Å². The molecule has 0 radical (unpaired) electrons. The Hall–Kier alpha value is -1.67. The molecular formula is C12H18O8. The second-order valence-electron chi connectivity index (χ2n) is 4.59. The molecule has 1 fully saturated rings. The minimum absolute atomic E-state index is 0.0741. The molecule has 1 aliphatic rings. The van der Waals surface area contributed by atoms with Gasteiger partial charge in [-0.15, -0.1) is 0 Å². The van der Waals surface area contributed by atoms with Crippen molar-refractivity contribution in [2.45, 2.75) is 57.7 Å². The van der Waals surface area contributed by atoms with Gasteiger partial charge in [0.05, 0.1) is 0 Å². The highest BCUT2D eigenvalue weighted by molar-refractivity contribution is 5.68. The van der Waals surface area contributed by atoms with Crippen LogP contribution in [0.5, 0.6) is 0 Å². The summed E-state index contributed by atoms with van der Waals surface area (Å²) < 4.78 is 14.7. The normalized spacial score (nSPS) is 33.1. The third-order valence-electron chi connectivity index (χ3n) is 2.84. The van der Waals surface area contributed by atoms with Gasteiger partial charge >= 0.3 is 17.9 Å². The fourth-order valence-corrected chi connectivity index (χ4v) is 2.13. The molecule has 0 heterocycles. The highest BCUT2D eigenvalue weighted by atomic mass is 16.6. The van der Waals surface area contributed by atoms with Crippen LogP contribution in [0.2, 0.25) is 0 Å². The zero-order chi connectivity index (χ0) is 15.4. The third-order valence-corrected chi connectivity index (χ3v) is 2.84. The van der Waals surface area contributed by atoms with Crippen LogP contribution in [0.3, 0.4) is 0 Å². The zero-order valence-electron chi connectivity index (χ0n) is 11.4. The van der Waals surface area contributed by atoms with Crippen LogP contribution in [0.15, 0.2) is 0 Å². The minimum Gasteiger partial charge on any atom is -0.460 e. The summed E-state index contributed by atoms with van der Waals surface area (Å²) >= 11 is 0. The molecule has 0 bridgehead atoms. The van der Waals surface area contributed by atoms with Crippen molar-refractivity contribution in [2.24, 2.45) is 0 Å². The Kier molecular flexibility index (Phi) is 5.46. The molecule has 8 heteroatoms. The summed E-state index contributed by atoms with van der Waals surface area (Å²) in [6, 6.07) is 0. The molecule has 0 aromatic heterocycles. The number of hydrogen-bond acceptors (Lipinski definition) is 8. The zero-order valence-corrected chi connectivity index (χ0v) is 11.4. The van der Waals surface area contributed by atoms with Crippen LogP contribution < -0.4 is 0 Å². The Morgan fingerprint density at radius 3 is 1.70 bits per heavy atom. The summed E-state index contributed by atoms with van der Waals surface area (Å²) in [6.07, 6.45) is -6.29. The standard InChI is InChI=1S/C12H18O8/c1-5(13)18-8-4-9(19-6(2)14)12(20-7(3)15)11(17)10(8)16/h8-12,16-17H,4H2,1-3H3/t8-,9+,10-,11-,12-/m0/s1. The Morgan fingerprint density at radius 2 is 1.25 bits per heavy atom. The van der Waals surface area contributed by atoms with Crippen LogP contribution in [-0.4, -0.2) is 58.6 Å². The summed E-state index contributed by atoms with van der Waals surface area (Å²) in [4.78, 5) is 33.0. The smallest absolute Gasteiger partial charge is 0.303 e. The van der Waals surface area contributed by atoms with Crippen molar-refractivity contribution in [2.75, 3.05) is 0 Å².